The summed E-state index contributed by atoms with van der Waals surface area (Å²) in [5, 5.41) is 10.4. The predicted octanol–water partition coefficient (Wildman–Crippen LogP) is 4.61. The number of allylic oxidation sites excluding steroid dienone is 2. The zero-order valence-electron chi connectivity index (χ0n) is 13.7. The lowest BCUT2D eigenvalue weighted by Crippen LogP contribution is -2.20. The van der Waals surface area contributed by atoms with E-state index in [0.717, 1.165) is 38.5 Å². The summed E-state index contributed by atoms with van der Waals surface area (Å²) in [5.74, 6) is 6.32. The van der Waals surface area contributed by atoms with E-state index in [0.29, 0.717) is 12.8 Å². The van der Waals surface area contributed by atoms with Crippen LogP contribution in [0.2, 0.25) is 0 Å². The fourth-order valence-electron chi connectivity index (χ4n) is 2.04. The van der Waals surface area contributed by atoms with Crippen molar-refractivity contribution in [3.8, 4) is 11.8 Å². The first-order chi connectivity index (χ1) is 10.7. The Morgan fingerprint density at radius 2 is 1.82 bits per heavy atom. The van der Waals surface area contributed by atoms with Crippen LogP contribution in [0.25, 0.3) is 0 Å². The molecule has 0 heterocycles. The summed E-state index contributed by atoms with van der Waals surface area (Å²) in [6.07, 6.45) is 16.4. The minimum absolute atomic E-state index is 0.306. The smallest absolute Gasteiger partial charge is 0.278 e. The van der Waals surface area contributed by atoms with Crippen molar-refractivity contribution in [3.63, 3.8) is 0 Å². The van der Waals surface area contributed by atoms with Gasteiger partial charge in [-0.2, -0.15) is 0 Å². The van der Waals surface area contributed by atoms with Crippen LogP contribution < -0.4 is 0 Å². The molecule has 0 N–H and O–H groups in total. The highest BCUT2D eigenvalue weighted by Gasteiger charge is 2.18. The number of nitrogens with zero attached hydrogens (tertiary/aromatic N) is 1. The topological polar surface area (TPSA) is 60.2 Å². The molecule has 1 radical (unpaired) electrons. The Morgan fingerprint density at radius 1 is 1.05 bits per heavy atom. The molecule has 0 spiro atoms. The maximum absolute atomic E-state index is 10.4. The van der Waals surface area contributed by atoms with Crippen molar-refractivity contribution in [1.29, 1.82) is 0 Å². The number of rotatable bonds is 13. The number of unbranched alkanes of at least 4 members (excludes halogenated alkanes) is 7. The summed E-state index contributed by atoms with van der Waals surface area (Å²) in [6, 6.07) is -1.14. The molecule has 123 valence electrons. The van der Waals surface area contributed by atoms with Crippen LogP contribution in [0, 0.1) is 22.0 Å². The zero-order valence-corrected chi connectivity index (χ0v) is 13.7. The molecule has 0 saturated carbocycles. The SMILES string of the molecule is CCCCCC#CC/C=C/CCCCCCC([C]=O)[N+](=O)[O-]. The van der Waals surface area contributed by atoms with E-state index in [1.807, 2.05) is 0 Å². The summed E-state index contributed by atoms with van der Waals surface area (Å²) in [6.45, 7) is 2.19. The average molecular weight is 306 g/mol. The minimum Gasteiger partial charge on any atom is -0.283 e. The van der Waals surface area contributed by atoms with Crippen LogP contribution in [0.4, 0.5) is 0 Å². The van der Waals surface area contributed by atoms with Gasteiger partial charge in [0, 0.05) is 24.2 Å². The quantitative estimate of drug-likeness (QED) is 0.164. The Kier molecular flexibility index (Phi) is 14.6. The monoisotopic (exact) mass is 306 g/mol. The van der Waals surface area contributed by atoms with Crippen molar-refractivity contribution in [2.75, 3.05) is 0 Å². The molecule has 0 fully saturated rings. The van der Waals surface area contributed by atoms with Crippen LogP contribution in [-0.4, -0.2) is 17.3 Å². The first-order valence-corrected chi connectivity index (χ1v) is 8.34. The molecular weight excluding hydrogens is 278 g/mol. The largest absolute Gasteiger partial charge is 0.283 e. The first-order valence-electron chi connectivity index (χ1n) is 8.34. The summed E-state index contributed by atoms with van der Waals surface area (Å²) in [7, 11) is 0. The third-order valence-electron chi connectivity index (χ3n) is 3.41. The molecule has 0 rings (SSSR count). The zero-order chi connectivity index (χ0) is 16.5. The maximum Gasteiger partial charge on any atom is 0.278 e. The molecule has 4 heteroatoms. The van der Waals surface area contributed by atoms with E-state index in [-0.39, 0.29) is 0 Å². The fourth-order valence-corrected chi connectivity index (χ4v) is 2.04. The highest BCUT2D eigenvalue weighted by Crippen LogP contribution is 2.08. The van der Waals surface area contributed by atoms with E-state index in [4.69, 9.17) is 0 Å². The Balaban J connectivity index is 3.40. The second kappa shape index (κ2) is 15.8. The Morgan fingerprint density at radius 3 is 2.50 bits per heavy atom. The number of hydrogen-bond acceptors (Lipinski definition) is 3. The summed E-state index contributed by atoms with van der Waals surface area (Å²) in [4.78, 5) is 20.2. The van der Waals surface area contributed by atoms with Crippen molar-refractivity contribution < 1.29 is 9.72 Å². The molecule has 0 bridgehead atoms. The van der Waals surface area contributed by atoms with Gasteiger partial charge in [0.25, 0.3) is 12.3 Å². The van der Waals surface area contributed by atoms with Crippen LogP contribution in [0.1, 0.15) is 77.6 Å². The molecular formula is C18H28NO3. The third kappa shape index (κ3) is 13.4. The van der Waals surface area contributed by atoms with E-state index in [2.05, 4.69) is 30.9 Å². The number of nitro groups is 1. The molecule has 1 atom stereocenters. The van der Waals surface area contributed by atoms with Gasteiger partial charge in [-0.15, -0.1) is 5.92 Å². The lowest BCUT2D eigenvalue weighted by Gasteiger charge is -2.01. The predicted molar refractivity (Wildman–Crippen MR) is 89.9 cm³/mol. The molecule has 0 aliphatic carbocycles. The number of carbonyl (C=O) groups excluding carboxylic acids is 1. The molecule has 1 unspecified atom stereocenters. The van der Waals surface area contributed by atoms with Gasteiger partial charge in [0.2, 0.25) is 0 Å². The van der Waals surface area contributed by atoms with Gasteiger partial charge in [-0.3, -0.25) is 14.9 Å². The molecule has 0 aromatic carbocycles. The van der Waals surface area contributed by atoms with Gasteiger partial charge in [-0.05, 0) is 25.7 Å². The van der Waals surface area contributed by atoms with Gasteiger partial charge in [-0.1, -0.05) is 50.7 Å². The third-order valence-corrected chi connectivity index (χ3v) is 3.41. The normalized spacial score (nSPS) is 11.9. The molecule has 0 amide bonds. The molecule has 0 aromatic heterocycles. The Hall–Kier alpha value is -1.63. The van der Waals surface area contributed by atoms with Gasteiger partial charge in [0.05, 0.1) is 0 Å². The second-order valence-electron chi connectivity index (χ2n) is 5.40. The first kappa shape index (κ1) is 20.4. The summed E-state index contributed by atoms with van der Waals surface area (Å²) < 4.78 is 0. The van der Waals surface area contributed by atoms with Crippen LogP contribution in [0.5, 0.6) is 0 Å². The van der Waals surface area contributed by atoms with Crippen molar-refractivity contribution in [1.82, 2.24) is 0 Å². The van der Waals surface area contributed by atoms with Crippen LogP contribution in [0.3, 0.4) is 0 Å². The number of hydrogen-bond donors (Lipinski definition) is 0. The fraction of sp³-hybridized carbons (Fsp3) is 0.722. The minimum atomic E-state index is -1.14. The molecule has 0 saturated heterocycles. The molecule has 0 aliphatic rings. The van der Waals surface area contributed by atoms with Crippen LogP contribution >= 0.6 is 0 Å². The summed E-state index contributed by atoms with van der Waals surface area (Å²) in [5.41, 5.74) is 0. The Bertz CT molecular complexity index is 380. The molecule has 22 heavy (non-hydrogen) atoms. The van der Waals surface area contributed by atoms with Gasteiger partial charge in [0.1, 0.15) is 0 Å². The van der Waals surface area contributed by atoms with Gasteiger partial charge < -0.3 is 0 Å². The van der Waals surface area contributed by atoms with E-state index in [9.17, 15) is 14.9 Å². The average Bonchev–Trinajstić information content (AvgIpc) is 2.51. The lowest BCUT2D eigenvalue weighted by atomic mass is 10.1. The maximum atomic E-state index is 10.4. The van der Waals surface area contributed by atoms with Crippen molar-refractivity contribution in [2.24, 2.45) is 0 Å². The van der Waals surface area contributed by atoms with E-state index in [1.54, 1.807) is 0 Å². The van der Waals surface area contributed by atoms with Gasteiger partial charge >= 0.3 is 0 Å². The molecule has 0 aromatic rings. The molecule has 4 nitrogen and oxygen atoms in total. The van der Waals surface area contributed by atoms with E-state index < -0.39 is 11.0 Å². The molecule has 0 aliphatic heterocycles. The summed E-state index contributed by atoms with van der Waals surface area (Å²) >= 11 is 0. The lowest BCUT2D eigenvalue weighted by molar-refractivity contribution is -0.503. The van der Waals surface area contributed by atoms with Crippen molar-refractivity contribution in [3.05, 3.63) is 22.3 Å². The Labute approximate surface area is 134 Å². The van der Waals surface area contributed by atoms with Gasteiger partial charge in [0.15, 0.2) is 0 Å². The highest BCUT2D eigenvalue weighted by atomic mass is 16.6. The highest BCUT2D eigenvalue weighted by molar-refractivity contribution is 5.56. The second-order valence-corrected chi connectivity index (χ2v) is 5.40. The standard InChI is InChI=1S/C18H28NO3/c1-2-3-4-5-6-7-8-9-10-11-12-13-14-15-16-18(17-20)19(21)22/h9-10,18H,2-5,8,11-16H2,1H3/b10-9+. The van der Waals surface area contributed by atoms with Gasteiger partial charge in [-0.25, -0.2) is 0 Å². The van der Waals surface area contributed by atoms with Crippen molar-refractivity contribution >= 4 is 6.29 Å². The van der Waals surface area contributed by atoms with Crippen LogP contribution in [0.15, 0.2) is 12.2 Å². The van der Waals surface area contributed by atoms with E-state index >= 15 is 0 Å². The van der Waals surface area contributed by atoms with Crippen molar-refractivity contribution in [2.45, 2.75) is 83.6 Å². The van der Waals surface area contributed by atoms with E-state index in [1.165, 1.54) is 25.5 Å². The van der Waals surface area contributed by atoms with Crippen LogP contribution in [-0.2, 0) is 4.79 Å².